The summed E-state index contributed by atoms with van der Waals surface area (Å²) in [6.45, 7) is 0. The van der Waals surface area contributed by atoms with Crippen molar-refractivity contribution in [1.29, 1.82) is 0 Å². The van der Waals surface area contributed by atoms with Gasteiger partial charge in [0.05, 0.1) is 0 Å². The third-order valence-corrected chi connectivity index (χ3v) is 3.08. The van der Waals surface area contributed by atoms with Crippen molar-refractivity contribution in [1.82, 2.24) is 0 Å². The average Bonchev–Trinajstić information content (AvgIpc) is 2.47. The molecule has 0 aliphatic carbocycles. The first-order valence-corrected chi connectivity index (χ1v) is 6.24. The van der Waals surface area contributed by atoms with E-state index >= 15 is 0 Å². The molecule has 92 valence electrons. The normalized spacial score (nSPS) is 10.1. The Morgan fingerprint density at radius 3 is 2.11 bits per heavy atom. The van der Waals surface area contributed by atoms with Crippen LogP contribution in [-0.4, -0.2) is 18.8 Å². The molecular weight excluding hydrogens is 246 g/mol. The highest BCUT2D eigenvalue weighted by Gasteiger charge is 2.08. The van der Waals surface area contributed by atoms with Crippen molar-refractivity contribution in [2.24, 2.45) is 0 Å². The lowest BCUT2D eigenvalue weighted by Crippen LogP contribution is -2.26. The minimum absolute atomic E-state index is 0.00304. The summed E-state index contributed by atoms with van der Waals surface area (Å²) in [5.74, 6) is -0.110. The summed E-state index contributed by atoms with van der Waals surface area (Å²) in [5, 5.41) is 0. The third kappa shape index (κ3) is 2.71. The van der Waals surface area contributed by atoms with Crippen LogP contribution in [-0.2, 0) is 4.79 Å². The van der Waals surface area contributed by atoms with E-state index < -0.39 is 0 Å². The molecular formula is C15H14ClNO. The molecule has 2 nitrogen and oxygen atoms in total. The minimum atomic E-state index is -0.107. The number of hydrogen-bond acceptors (Lipinski definition) is 1. The standard InChI is InChI=1S/C15H14ClNO/c1-17(15(18)11-16)14-9-7-13(8-10-14)12-5-3-2-4-6-12/h2-10H,11H2,1H3. The van der Waals surface area contributed by atoms with Gasteiger partial charge in [0, 0.05) is 12.7 Å². The van der Waals surface area contributed by atoms with Crippen molar-refractivity contribution < 1.29 is 4.79 Å². The van der Waals surface area contributed by atoms with Gasteiger partial charge in [0.15, 0.2) is 0 Å². The van der Waals surface area contributed by atoms with Gasteiger partial charge in [0.25, 0.3) is 0 Å². The topological polar surface area (TPSA) is 20.3 Å². The Balaban J connectivity index is 2.23. The molecule has 18 heavy (non-hydrogen) atoms. The van der Waals surface area contributed by atoms with Gasteiger partial charge in [0.1, 0.15) is 5.88 Å². The molecule has 0 aliphatic rings. The highest BCUT2D eigenvalue weighted by Crippen LogP contribution is 2.22. The number of carbonyl (C=O) groups is 1. The van der Waals surface area contributed by atoms with Crippen molar-refractivity contribution in [3.63, 3.8) is 0 Å². The number of benzene rings is 2. The predicted molar refractivity (Wildman–Crippen MR) is 76.0 cm³/mol. The minimum Gasteiger partial charge on any atom is -0.314 e. The largest absolute Gasteiger partial charge is 0.314 e. The molecule has 0 aromatic heterocycles. The lowest BCUT2D eigenvalue weighted by molar-refractivity contribution is -0.116. The maximum atomic E-state index is 11.5. The molecule has 0 bridgehead atoms. The Labute approximate surface area is 112 Å². The fourth-order valence-corrected chi connectivity index (χ4v) is 1.92. The molecule has 0 spiro atoms. The van der Waals surface area contributed by atoms with Crippen molar-refractivity contribution in [3.05, 3.63) is 54.6 Å². The summed E-state index contributed by atoms with van der Waals surface area (Å²) < 4.78 is 0. The number of amides is 1. The van der Waals surface area contributed by atoms with Crippen LogP contribution >= 0.6 is 11.6 Å². The predicted octanol–water partition coefficient (Wildman–Crippen LogP) is 3.56. The number of hydrogen-bond donors (Lipinski definition) is 0. The first-order valence-electron chi connectivity index (χ1n) is 5.70. The first kappa shape index (κ1) is 12.7. The maximum absolute atomic E-state index is 11.5. The van der Waals surface area contributed by atoms with Gasteiger partial charge in [-0.15, -0.1) is 11.6 Å². The molecule has 0 unspecified atom stereocenters. The van der Waals surface area contributed by atoms with Gasteiger partial charge in [0.2, 0.25) is 5.91 Å². The van der Waals surface area contributed by atoms with Crippen LogP contribution in [0.4, 0.5) is 5.69 Å². The molecule has 0 fully saturated rings. The second-order valence-electron chi connectivity index (χ2n) is 4.00. The van der Waals surface area contributed by atoms with E-state index in [9.17, 15) is 4.79 Å². The van der Waals surface area contributed by atoms with E-state index in [4.69, 9.17) is 11.6 Å². The molecule has 3 heteroatoms. The molecule has 2 aromatic carbocycles. The molecule has 1 amide bonds. The summed E-state index contributed by atoms with van der Waals surface area (Å²) in [4.78, 5) is 13.0. The Kier molecular flexibility index (Phi) is 4.00. The van der Waals surface area contributed by atoms with Gasteiger partial charge in [-0.1, -0.05) is 42.5 Å². The van der Waals surface area contributed by atoms with E-state index in [2.05, 4.69) is 12.1 Å². The lowest BCUT2D eigenvalue weighted by atomic mass is 10.1. The van der Waals surface area contributed by atoms with Gasteiger partial charge >= 0.3 is 0 Å². The van der Waals surface area contributed by atoms with Gasteiger partial charge in [-0.3, -0.25) is 4.79 Å². The zero-order valence-corrected chi connectivity index (χ0v) is 10.9. The number of anilines is 1. The fourth-order valence-electron chi connectivity index (χ4n) is 1.74. The highest BCUT2D eigenvalue weighted by molar-refractivity contribution is 6.29. The van der Waals surface area contributed by atoms with Crippen molar-refractivity contribution >= 4 is 23.2 Å². The van der Waals surface area contributed by atoms with E-state index in [0.717, 1.165) is 16.8 Å². The molecule has 0 N–H and O–H groups in total. The van der Waals surface area contributed by atoms with E-state index in [-0.39, 0.29) is 11.8 Å². The van der Waals surface area contributed by atoms with Crippen molar-refractivity contribution in [2.45, 2.75) is 0 Å². The summed E-state index contributed by atoms with van der Waals surface area (Å²) in [5.41, 5.74) is 3.14. The van der Waals surface area contributed by atoms with Gasteiger partial charge in [-0.2, -0.15) is 0 Å². The smallest absolute Gasteiger partial charge is 0.241 e. The maximum Gasteiger partial charge on any atom is 0.241 e. The molecule has 0 saturated heterocycles. The van der Waals surface area contributed by atoms with E-state index in [1.54, 1.807) is 11.9 Å². The third-order valence-electron chi connectivity index (χ3n) is 2.85. The van der Waals surface area contributed by atoms with Crippen LogP contribution in [0, 0.1) is 0 Å². The monoisotopic (exact) mass is 259 g/mol. The van der Waals surface area contributed by atoms with Crippen LogP contribution in [0.1, 0.15) is 0 Å². The van der Waals surface area contributed by atoms with Crippen LogP contribution in [0.15, 0.2) is 54.6 Å². The Morgan fingerprint density at radius 2 is 1.56 bits per heavy atom. The summed E-state index contributed by atoms with van der Waals surface area (Å²) in [6, 6.07) is 18.0. The zero-order valence-electron chi connectivity index (χ0n) is 10.1. The van der Waals surface area contributed by atoms with Gasteiger partial charge < -0.3 is 4.90 Å². The van der Waals surface area contributed by atoms with E-state index in [1.807, 2.05) is 42.5 Å². The molecule has 0 heterocycles. The second kappa shape index (κ2) is 5.69. The van der Waals surface area contributed by atoms with E-state index in [1.165, 1.54) is 0 Å². The summed E-state index contributed by atoms with van der Waals surface area (Å²) in [6.07, 6.45) is 0. The molecule has 0 radical (unpaired) electrons. The molecule has 2 aromatic rings. The lowest BCUT2D eigenvalue weighted by Gasteiger charge is -2.16. The van der Waals surface area contributed by atoms with Crippen LogP contribution in [0.5, 0.6) is 0 Å². The van der Waals surface area contributed by atoms with E-state index in [0.29, 0.717) is 0 Å². The van der Waals surface area contributed by atoms with Crippen LogP contribution in [0.25, 0.3) is 11.1 Å². The zero-order chi connectivity index (χ0) is 13.0. The second-order valence-corrected chi connectivity index (χ2v) is 4.27. The van der Waals surface area contributed by atoms with Gasteiger partial charge in [-0.05, 0) is 23.3 Å². The summed E-state index contributed by atoms with van der Waals surface area (Å²) >= 11 is 5.53. The highest BCUT2D eigenvalue weighted by atomic mass is 35.5. The average molecular weight is 260 g/mol. The van der Waals surface area contributed by atoms with Gasteiger partial charge in [-0.25, -0.2) is 0 Å². The quantitative estimate of drug-likeness (QED) is 0.772. The van der Waals surface area contributed by atoms with Crippen molar-refractivity contribution in [3.8, 4) is 11.1 Å². The number of rotatable bonds is 3. The number of nitrogens with zero attached hydrogens (tertiary/aromatic N) is 1. The SMILES string of the molecule is CN(C(=O)CCl)c1ccc(-c2ccccc2)cc1. The molecule has 2 rings (SSSR count). The van der Waals surface area contributed by atoms with Crippen LogP contribution in [0.2, 0.25) is 0 Å². The Morgan fingerprint density at radius 1 is 1.00 bits per heavy atom. The van der Waals surface area contributed by atoms with Crippen LogP contribution < -0.4 is 4.90 Å². The summed E-state index contributed by atoms with van der Waals surface area (Å²) in [7, 11) is 1.72. The Hall–Kier alpha value is -1.80. The molecule has 0 atom stereocenters. The first-order chi connectivity index (χ1) is 8.72. The molecule has 0 saturated carbocycles. The molecule has 0 aliphatic heterocycles. The van der Waals surface area contributed by atoms with Crippen molar-refractivity contribution in [2.75, 3.05) is 17.8 Å². The number of alkyl halides is 1. The Bertz CT molecular complexity index is 522. The number of carbonyl (C=O) groups excluding carboxylic acids is 1. The number of halogens is 1. The van der Waals surface area contributed by atoms with Crippen LogP contribution in [0.3, 0.4) is 0 Å². The fraction of sp³-hybridized carbons (Fsp3) is 0.133.